The Morgan fingerprint density at radius 1 is 1.06 bits per heavy atom. The predicted molar refractivity (Wildman–Crippen MR) is 66.2 cm³/mol. The van der Waals surface area contributed by atoms with E-state index in [1.165, 1.54) is 16.7 Å². The third kappa shape index (κ3) is 13.0. The summed E-state index contributed by atoms with van der Waals surface area (Å²) in [4.78, 5) is 0. The fraction of sp³-hybridized carbons (Fsp3) is 0.615. The van der Waals surface area contributed by atoms with Crippen molar-refractivity contribution < 1.29 is 46.5 Å². The van der Waals surface area contributed by atoms with Crippen LogP contribution in [0.4, 0.5) is 0 Å². The van der Waals surface area contributed by atoms with Gasteiger partial charge in [-0.15, -0.1) is 6.92 Å². The minimum atomic E-state index is 0. The molecule has 1 atom stereocenters. The molecule has 0 aromatic carbocycles. The minimum Gasteiger partial charge on any atom is -1.00 e. The SMILES string of the molecule is CC1=[C-]C(C)C(C)=C1C.C[N-]C.[CH2-]C.[Cl-].[Cl-].[Ti+2]. The second-order valence-corrected chi connectivity index (χ2v) is 3.25. The van der Waals surface area contributed by atoms with Gasteiger partial charge in [-0.25, -0.2) is 5.57 Å². The summed E-state index contributed by atoms with van der Waals surface area (Å²) in [5, 5.41) is 3.50. The average molecular weight is 313 g/mol. The van der Waals surface area contributed by atoms with Crippen molar-refractivity contribution in [3.63, 3.8) is 0 Å². The maximum Gasteiger partial charge on any atom is 2.00 e. The smallest absolute Gasteiger partial charge is 1.00 e. The molecular formula is C13H24Cl2NTi-3. The summed E-state index contributed by atoms with van der Waals surface area (Å²) in [6.07, 6.45) is 3.36. The molecule has 17 heavy (non-hydrogen) atoms. The molecule has 0 bridgehead atoms. The summed E-state index contributed by atoms with van der Waals surface area (Å²) in [5.74, 6) is 0.560. The minimum absolute atomic E-state index is 0. The number of hydrogen-bond acceptors (Lipinski definition) is 0. The van der Waals surface area contributed by atoms with Crippen molar-refractivity contribution in [3.05, 3.63) is 35.0 Å². The average Bonchev–Trinajstić information content (AvgIpc) is 2.38. The van der Waals surface area contributed by atoms with Gasteiger partial charge in [0.05, 0.1) is 0 Å². The summed E-state index contributed by atoms with van der Waals surface area (Å²) in [7, 11) is 3.50. The number of hydrogen-bond donors (Lipinski definition) is 0. The molecule has 1 nitrogen and oxygen atoms in total. The Labute approximate surface area is 136 Å². The van der Waals surface area contributed by atoms with Crippen LogP contribution < -0.4 is 24.8 Å². The second kappa shape index (κ2) is 19.1. The molecule has 0 aromatic rings. The van der Waals surface area contributed by atoms with Crippen LogP contribution in [0.3, 0.4) is 0 Å². The first-order valence-corrected chi connectivity index (χ1v) is 5.01. The Balaban J connectivity index is -0.0000000534. The van der Waals surface area contributed by atoms with Crippen LogP contribution >= 0.6 is 0 Å². The Morgan fingerprint density at radius 2 is 1.35 bits per heavy atom. The molecular weight excluding hydrogens is 289 g/mol. The molecule has 0 spiro atoms. The molecule has 0 heterocycles. The number of rotatable bonds is 0. The molecule has 0 radical (unpaired) electrons. The van der Waals surface area contributed by atoms with Gasteiger partial charge in [0.2, 0.25) is 0 Å². The van der Waals surface area contributed by atoms with Gasteiger partial charge in [-0.1, -0.05) is 26.7 Å². The molecule has 1 rings (SSSR count). The van der Waals surface area contributed by atoms with E-state index in [-0.39, 0.29) is 46.5 Å². The van der Waals surface area contributed by atoms with E-state index in [0.29, 0.717) is 5.92 Å². The van der Waals surface area contributed by atoms with Gasteiger partial charge in [0, 0.05) is 0 Å². The first-order chi connectivity index (χ1) is 6.54. The summed E-state index contributed by atoms with van der Waals surface area (Å²) >= 11 is 0. The third-order valence-electron chi connectivity index (χ3n) is 2.24. The first kappa shape index (κ1) is 30.6. The molecule has 4 heteroatoms. The van der Waals surface area contributed by atoms with Crippen molar-refractivity contribution in [1.82, 2.24) is 0 Å². The molecule has 1 aliphatic carbocycles. The van der Waals surface area contributed by atoms with Gasteiger partial charge in [0.25, 0.3) is 0 Å². The maximum absolute atomic E-state index is 3.50. The van der Waals surface area contributed by atoms with Crippen LogP contribution in [0.25, 0.3) is 5.32 Å². The topological polar surface area (TPSA) is 14.1 Å². The van der Waals surface area contributed by atoms with E-state index < -0.39 is 0 Å². The van der Waals surface area contributed by atoms with Crippen molar-refractivity contribution in [1.29, 1.82) is 0 Å². The molecule has 0 saturated heterocycles. The van der Waals surface area contributed by atoms with Gasteiger partial charge in [-0.2, -0.15) is 32.2 Å². The zero-order chi connectivity index (χ0) is 11.7. The van der Waals surface area contributed by atoms with E-state index in [4.69, 9.17) is 0 Å². The van der Waals surface area contributed by atoms with E-state index in [2.05, 4.69) is 46.0 Å². The van der Waals surface area contributed by atoms with E-state index >= 15 is 0 Å². The fourth-order valence-corrected chi connectivity index (χ4v) is 1.16. The standard InChI is InChI=1S/C9H13.C2H6N.C2H5.2ClH.Ti/c1-6-5-7(2)9(4)8(6)3;1-3-2;1-2;;;/h6H,1-4H3;1-2H3;1H2,2H3;2*1H;/q3*-1;;;+2/p-2. The zero-order valence-electron chi connectivity index (χ0n) is 12.0. The van der Waals surface area contributed by atoms with Crippen LogP contribution in [-0.4, -0.2) is 14.1 Å². The molecule has 1 aliphatic rings. The Kier molecular flexibility index (Phi) is 34.4. The van der Waals surface area contributed by atoms with Gasteiger partial charge < -0.3 is 37.1 Å². The van der Waals surface area contributed by atoms with E-state index in [0.717, 1.165) is 0 Å². The van der Waals surface area contributed by atoms with Gasteiger partial charge in [0.1, 0.15) is 0 Å². The Bertz CT molecular complexity index is 213. The molecule has 1 unspecified atom stereocenters. The van der Waals surface area contributed by atoms with Gasteiger partial charge in [0.15, 0.2) is 0 Å². The molecule has 0 amide bonds. The predicted octanol–water partition coefficient (Wildman–Crippen LogP) is -1.81. The van der Waals surface area contributed by atoms with Crippen LogP contribution in [0, 0.1) is 18.9 Å². The van der Waals surface area contributed by atoms with E-state index in [1.807, 2.05) is 0 Å². The molecule has 0 aliphatic heterocycles. The van der Waals surface area contributed by atoms with E-state index in [9.17, 15) is 0 Å². The monoisotopic (exact) mass is 312 g/mol. The molecule has 0 N–H and O–H groups in total. The van der Waals surface area contributed by atoms with Crippen molar-refractivity contribution in [2.75, 3.05) is 14.1 Å². The van der Waals surface area contributed by atoms with Gasteiger partial charge in [-0.3, -0.25) is 6.08 Å². The zero-order valence-corrected chi connectivity index (χ0v) is 15.1. The van der Waals surface area contributed by atoms with Crippen LogP contribution in [0.2, 0.25) is 0 Å². The maximum atomic E-state index is 3.50. The van der Waals surface area contributed by atoms with E-state index in [1.54, 1.807) is 21.0 Å². The number of allylic oxidation sites excluding steroid dienone is 4. The summed E-state index contributed by atoms with van der Waals surface area (Å²) in [6, 6.07) is 0. The second-order valence-electron chi connectivity index (χ2n) is 3.25. The summed E-state index contributed by atoms with van der Waals surface area (Å²) in [5.41, 5.74) is 4.25. The van der Waals surface area contributed by atoms with Crippen molar-refractivity contribution in [2.24, 2.45) is 5.92 Å². The Hall–Kier alpha value is 0.734. The third-order valence-corrected chi connectivity index (χ3v) is 2.24. The van der Waals surface area contributed by atoms with Crippen molar-refractivity contribution in [3.8, 4) is 0 Å². The number of nitrogens with zero attached hydrogens (tertiary/aromatic N) is 1. The molecule has 0 fully saturated rings. The normalized spacial score (nSPS) is 15.8. The molecule has 102 valence electrons. The van der Waals surface area contributed by atoms with Crippen LogP contribution in [-0.2, 0) is 21.7 Å². The van der Waals surface area contributed by atoms with Crippen LogP contribution in [0.1, 0.15) is 34.6 Å². The van der Waals surface area contributed by atoms with Gasteiger partial charge in [-0.05, 0) is 0 Å². The Morgan fingerprint density at radius 3 is 1.41 bits per heavy atom. The summed E-state index contributed by atoms with van der Waals surface area (Å²) < 4.78 is 0. The van der Waals surface area contributed by atoms with Crippen molar-refractivity contribution in [2.45, 2.75) is 34.6 Å². The first-order valence-electron chi connectivity index (χ1n) is 5.01. The number of halogens is 2. The fourth-order valence-electron chi connectivity index (χ4n) is 1.16. The van der Waals surface area contributed by atoms with Crippen LogP contribution in [0.15, 0.2) is 16.7 Å². The molecule has 0 aromatic heterocycles. The molecule has 0 saturated carbocycles. The van der Waals surface area contributed by atoms with Crippen LogP contribution in [0.5, 0.6) is 0 Å². The quantitative estimate of drug-likeness (QED) is 0.370. The summed E-state index contributed by atoms with van der Waals surface area (Å²) in [6.45, 7) is 13.7. The largest absolute Gasteiger partial charge is 2.00 e. The van der Waals surface area contributed by atoms with Gasteiger partial charge >= 0.3 is 21.7 Å². The van der Waals surface area contributed by atoms with Crippen molar-refractivity contribution >= 4 is 0 Å².